The van der Waals surface area contributed by atoms with Crippen LogP contribution in [0.15, 0.2) is 47.5 Å². The molecule has 3 aromatic rings. The molecule has 2 aromatic carbocycles. The standard InChI is InChI=1S/C15H9F2N3OS/c16-12-5-11-14(6-13(12)17)19-8-15(11)22(21)20-10-3-1-9(7-18)2-4-10/h1-6,8,19-20H. The maximum atomic E-state index is 13.3. The minimum Gasteiger partial charge on any atom is -0.360 e. The third-order valence-electron chi connectivity index (χ3n) is 3.11. The Morgan fingerprint density at radius 2 is 1.82 bits per heavy atom. The maximum absolute atomic E-state index is 13.3. The van der Waals surface area contributed by atoms with Gasteiger partial charge in [0.15, 0.2) is 22.6 Å². The average molecular weight is 317 g/mol. The largest absolute Gasteiger partial charge is 0.360 e. The number of anilines is 1. The summed E-state index contributed by atoms with van der Waals surface area (Å²) < 4.78 is 41.6. The van der Waals surface area contributed by atoms with Crippen molar-refractivity contribution in [2.75, 3.05) is 4.72 Å². The molecule has 3 rings (SSSR count). The van der Waals surface area contributed by atoms with Gasteiger partial charge < -0.3 is 9.71 Å². The minimum atomic E-state index is -1.65. The van der Waals surface area contributed by atoms with Crippen LogP contribution in [0.25, 0.3) is 10.9 Å². The second-order valence-corrected chi connectivity index (χ2v) is 5.71. The highest BCUT2D eigenvalue weighted by Gasteiger charge is 2.14. The first kappa shape index (κ1) is 14.2. The monoisotopic (exact) mass is 317 g/mol. The van der Waals surface area contributed by atoms with Crippen molar-refractivity contribution in [3.63, 3.8) is 0 Å². The number of rotatable bonds is 3. The Morgan fingerprint density at radius 1 is 1.14 bits per heavy atom. The van der Waals surface area contributed by atoms with Gasteiger partial charge in [0.1, 0.15) is 0 Å². The summed E-state index contributed by atoms with van der Waals surface area (Å²) in [5, 5.41) is 9.07. The van der Waals surface area contributed by atoms with Crippen molar-refractivity contribution in [2.45, 2.75) is 4.90 Å². The first-order valence-electron chi connectivity index (χ1n) is 6.23. The van der Waals surface area contributed by atoms with E-state index in [9.17, 15) is 13.0 Å². The maximum Gasteiger partial charge on any atom is 0.160 e. The summed E-state index contributed by atoms with van der Waals surface area (Å²) in [5.74, 6) is -1.96. The van der Waals surface area contributed by atoms with Crippen molar-refractivity contribution >= 4 is 27.6 Å². The number of nitriles is 1. The smallest absolute Gasteiger partial charge is 0.160 e. The summed E-state index contributed by atoms with van der Waals surface area (Å²) in [6.45, 7) is 0. The van der Waals surface area contributed by atoms with Crippen LogP contribution in [0.3, 0.4) is 0 Å². The zero-order valence-corrected chi connectivity index (χ0v) is 11.9. The summed E-state index contributed by atoms with van der Waals surface area (Å²) in [6.07, 6.45) is 1.44. The van der Waals surface area contributed by atoms with Crippen LogP contribution in [0.2, 0.25) is 0 Å². The number of aromatic amines is 1. The molecule has 0 aliphatic heterocycles. The molecule has 0 spiro atoms. The second-order valence-electron chi connectivity index (χ2n) is 4.52. The number of benzene rings is 2. The third-order valence-corrected chi connectivity index (χ3v) is 4.27. The Morgan fingerprint density at radius 3 is 2.50 bits per heavy atom. The molecule has 0 saturated carbocycles. The fourth-order valence-corrected chi connectivity index (χ4v) is 3.01. The summed E-state index contributed by atoms with van der Waals surface area (Å²) >= 11 is 0. The average Bonchev–Trinajstić information content (AvgIpc) is 2.91. The molecule has 4 nitrogen and oxygen atoms in total. The number of halogens is 2. The number of H-pyrrole nitrogens is 1. The molecule has 0 radical (unpaired) electrons. The number of hydrogen-bond donors (Lipinski definition) is 2. The van der Waals surface area contributed by atoms with Crippen molar-refractivity contribution in [1.29, 1.82) is 5.26 Å². The molecule has 0 aliphatic carbocycles. The first-order valence-corrected chi connectivity index (χ1v) is 7.38. The van der Waals surface area contributed by atoms with Crippen LogP contribution in [0.5, 0.6) is 0 Å². The first-order chi connectivity index (χ1) is 10.6. The van der Waals surface area contributed by atoms with Gasteiger partial charge in [0.25, 0.3) is 0 Å². The van der Waals surface area contributed by atoms with E-state index < -0.39 is 22.6 Å². The number of nitrogens with one attached hydrogen (secondary N) is 2. The predicted octanol–water partition coefficient (Wildman–Crippen LogP) is 3.45. The van der Waals surface area contributed by atoms with Crippen LogP contribution >= 0.6 is 0 Å². The van der Waals surface area contributed by atoms with Crippen LogP contribution in [0.4, 0.5) is 14.5 Å². The van der Waals surface area contributed by atoms with E-state index in [4.69, 9.17) is 5.26 Å². The Bertz CT molecular complexity index is 913. The molecule has 110 valence electrons. The topological polar surface area (TPSA) is 68.7 Å². The van der Waals surface area contributed by atoms with E-state index in [1.165, 1.54) is 6.20 Å². The number of hydrogen-bond acceptors (Lipinski definition) is 2. The van der Waals surface area contributed by atoms with E-state index in [0.717, 1.165) is 12.1 Å². The number of nitrogens with zero attached hydrogens (tertiary/aromatic N) is 1. The van der Waals surface area contributed by atoms with Crippen LogP contribution in [0.1, 0.15) is 5.56 Å². The summed E-state index contributed by atoms with van der Waals surface area (Å²) in [7, 11) is -1.65. The summed E-state index contributed by atoms with van der Waals surface area (Å²) in [4.78, 5) is 3.08. The Kier molecular flexibility index (Phi) is 3.61. The van der Waals surface area contributed by atoms with Crippen molar-refractivity contribution in [3.8, 4) is 6.07 Å². The lowest BCUT2D eigenvalue weighted by Gasteiger charge is -2.05. The van der Waals surface area contributed by atoms with Crippen LogP contribution in [-0.2, 0) is 11.0 Å². The molecule has 1 atom stereocenters. The highest BCUT2D eigenvalue weighted by atomic mass is 32.2. The molecular formula is C15H9F2N3OS. The van der Waals surface area contributed by atoms with E-state index in [0.29, 0.717) is 27.0 Å². The molecule has 0 fully saturated rings. The molecule has 0 bridgehead atoms. The van der Waals surface area contributed by atoms with Crippen LogP contribution < -0.4 is 4.72 Å². The molecule has 0 aliphatic rings. The molecule has 1 aromatic heterocycles. The van der Waals surface area contributed by atoms with Gasteiger partial charge in [0.2, 0.25) is 0 Å². The molecule has 1 unspecified atom stereocenters. The van der Waals surface area contributed by atoms with Gasteiger partial charge in [-0.3, -0.25) is 0 Å². The SMILES string of the molecule is N#Cc1ccc(NS(=O)c2c[nH]c3cc(F)c(F)cc23)cc1. The van der Waals surface area contributed by atoms with Crippen LogP contribution in [-0.4, -0.2) is 9.19 Å². The van der Waals surface area contributed by atoms with Gasteiger partial charge in [-0.2, -0.15) is 5.26 Å². The van der Waals surface area contributed by atoms with Crippen molar-refractivity contribution in [1.82, 2.24) is 4.98 Å². The third kappa shape index (κ3) is 2.56. The van der Waals surface area contributed by atoms with Gasteiger partial charge in [-0.1, -0.05) is 0 Å². The lowest BCUT2D eigenvalue weighted by atomic mass is 10.2. The van der Waals surface area contributed by atoms with E-state index in [-0.39, 0.29) is 0 Å². The molecule has 22 heavy (non-hydrogen) atoms. The van der Waals surface area contributed by atoms with Gasteiger partial charge in [0.05, 0.1) is 16.5 Å². The van der Waals surface area contributed by atoms with Gasteiger partial charge in [-0.05, 0) is 30.3 Å². The van der Waals surface area contributed by atoms with Crippen molar-refractivity contribution in [2.24, 2.45) is 0 Å². The molecule has 0 saturated heterocycles. The predicted molar refractivity (Wildman–Crippen MR) is 79.4 cm³/mol. The highest BCUT2D eigenvalue weighted by Crippen LogP contribution is 2.25. The lowest BCUT2D eigenvalue weighted by Crippen LogP contribution is -2.04. The fourth-order valence-electron chi connectivity index (χ4n) is 2.02. The molecular weight excluding hydrogens is 308 g/mol. The molecule has 0 amide bonds. The Hall–Kier alpha value is -2.72. The fraction of sp³-hybridized carbons (Fsp3) is 0. The Balaban J connectivity index is 1.92. The Labute approximate surface area is 127 Å². The van der Waals surface area contributed by atoms with Crippen molar-refractivity contribution in [3.05, 3.63) is 59.8 Å². The van der Waals surface area contributed by atoms with E-state index in [2.05, 4.69) is 9.71 Å². The number of fused-ring (bicyclic) bond motifs is 1. The van der Waals surface area contributed by atoms with Crippen LogP contribution in [0, 0.1) is 23.0 Å². The minimum absolute atomic E-state index is 0.318. The van der Waals surface area contributed by atoms with E-state index in [1.54, 1.807) is 24.3 Å². The van der Waals surface area contributed by atoms with Gasteiger partial charge >= 0.3 is 0 Å². The van der Waals surface area contributed by atoms with Gasteiger partial charge in [-0.15, -0.1) is 0 Å². The zero-order chi connectivity index (χ0) is 15.7. The van der Waals surface area contributed by atoms with Gasteiger partial charge in [-0.25, -0.2) is 13.0 Å². The molecule has 7 heteroatoms. The molecule has 2 N–H and O–H groups in total. The van der Waals surface area contributed by atoms with E-state index >= 15 is 0 Å². The lowest BCUT2D eigenvalue weighted by molar-refractivity contribution is 0.510. The number of aromatic nitrogens is 1. The highest BCUT2D eigenvalue weighted by molar-refractivity contribution is 7.86. The summed E-state index contributed by atoms with van der Waals surface area (Å²) in [5.41, 5.74) is 1.40. The summed E-state index contributed by atoms with van der Waals surface area (Å²) in [6, 6.07) is 10.4. The normalized spacial score (nSPS) is 12.0. The molecule has 1 heterocycles. The quantitative estimate of drug-likeness (QED) is 0.777. The van der Waals surface area contributed by atoms with E-state index in [1.807, 2.05) is 6.07 Å². The zero-order valence-electron chi connectivity index (χ0n) is 11.1. The van der Waals surface area contributed by atoms with Crippen molar-refractivity contribution < 1.29 is 13.0 Å². The second kappa shape index (κ2) is 5.58. The van der Waals surface area contributed by atoms with Gasteiger partial charge in [0, 0.05) is 28.9 Å².